The molecule has 2 amide bonds. The number of benzene rings is 2. The highest BCUT2D eigenvalue weighted by atomic mass is 16.4. The molecule has 2 aromatic carbocycles. The summed E-state index contributed by atoms with van der Waals surface area (Å²) in [5.74, 6) is -1.03. The van der Waals surface area contributed by atoms with E-state index in [1.165, 1.54) is 12.1 Å². The van der Waals surface area contributed by atoms with Gasteiger partial charge in [-0.15, -0.1) is 0 Å². The molecule has 0 saturated heterocycles. The van der Waals surface area contributed by atoms with Crippen LogP contribution in [0.2, 0.25) is 0 Å². The van der Waals surface area contributed by atoms with Gasteiger partial charge in [-0.1, -0.05) is 12.1 Å². The van der Waals surface area contributed by atoms with Gasteiger partial charge in [0, 0.05) is 25.3 Å². The van der Waals surface area contributed by atoms with Crippen LogP contribution in [0, 0.1) is 18.3 Å². The van der Waals surface area contributed by atoms with Gasteiger partial charge >= 0.3 is 6.09 Å². The second-order valence-electron chi connectivity index (χ2n) is 6.35. The third-order valence-electron chi connectivity index (χ3n) is 3.97. The highest BCUT2D eigenvalue weighted by Gasteiger charge is 2.16. The summed E-state index contributed by atoms with van der Waals surface area (Å²) in [6, 6.07) is 11.3. The van der Waals surface area contributed by atoms with E-state index in [1.807, 2.05) is 32.0 Å². The van der Waals surface area contributed by atoms with Crippen molar-refractivity contribution >= 4 is 34.8 Å². The lowest BCUT2D eigenvalue weighted by atomic mass is 10.1. The number of carboxylic acid groups (broad SMARTS) is 1. The number of anilines is 3. The van der Waals surface area contributed by atoms with Crippen molar-refractivity contribution < 1.29 is 19.5 Å². The van der Waals surface area contributed by atoms with Crippen molar-refractivity contribution in [2.24, 2.45) is 0 Å². The Morgan fingerprint density at radius 1 is 1.11 bits per heavy atom. The van der Waals surface area contributed by atoms with Crippen molar-refractivity contribution in [3.63, 3.8) is 0 Å². The summed E-state index contributed by atoms with van der Waals surface area (Å²) in [5.41, 5.74) is 2.66. The molecule has 0 fully saturated rings. The average molecular weight is 380 g/mol. The lowest BCUT2D eigenvalue weighted by molar-refractivity contribution is -0.115. The molecule has 0 heterocycles. The fraction of sp³-hybridized carbons (Fsp3) is 0.200. The molecular formula is C20H20N4O4. The van der Waals surface area contributed by atoms with Gasteiger partial charge in [0.1, 0.15) is 0 Å². The molecule has 8 nitrogen and oxygen atoms in total. The number of aryl methyl sites for hydroxylation is 1. The predicted octanol–water partition coefficient (Wildman–Crippen LogP) is 3.23. The minimum Gasteiger partial charge on any atom is -0.465 e. The molecule has 0 aliphatic rings. The highest BCUT2D eigenvalue weighted by Crippen LogP contribution is 2.31. The van der Waals surface area contributed by atoms with Crippen molar-refractivity contribution in [3.05, 3.63) is 53.1 Å². The number of hydrogen-bond donors (Lipinski definition) is 3. The normalized spacial score (nSPS) is 9.93. The van der Waals surface area contributed by atoms with Gasteiger partial charge in [-0.05, 0) is 36.8 Å². The molecule has 2 aromatic rings. The lowest BCUT2D eigenvalue weighted by Crippen LogP contribution is -2.19. The molecule has 0 spiro atoms. The number of nitrogens with zero attached hydrogens (tertiary/aromatic N) is 2. The zero-order valence-electron chi connectivity index (χ0n) is 15.7. The molecule has 0 unspecified atom stereocenters. The lowest BCUT2D eigenvalue weighted by Gasteiger charge is -2.20. The van der Waals surface area contributed by atoms with Crippen molar-refractivity contribution in [2.75, 3.05) is 29.6 Å². The minimum absolute atomic E-state index is 0.211. The second kappa shape index (κ2) is 8.68. The molecule has 144 valence electrons. The molecule has 0 bridgehead atoms. The Bertz CT molecular complexity index is 977. The van der Waals surface area contributed by atoms with Crippen LogP contribution in [0.15, 0.2) is 36.4 Å². The molecule has 0 aliphatic carbocycles. The maximum absolute atomic E-state index is 12.4. The van der Waals surface area contributed by atoms with Crippen LogP contribution in [0.1, 0.15) is 27.9 Å². The summed E-state index contributed by atoms with van der Waals surface area (Å²) < 4.78 is 0. The highest BCUT2D eigenvalue weighted by molar-refractivity contribution is 6.12. The quantitative estimate of drug-likeness (QED) is 0.522. The standard InChI is InChI=1S/C20H20N4O4/c1-12-7-15(23-20(27)28)16(9-17(12)24(2)3)22-19(26)10-18(25)14-6-4-5-13(8-14)11-21/h4-9,23H,10H2,1-3H3,(H,22,26)(H,27,28). The van der Waals surface area contributed by atoms with Gasteiger partial charge in [0.2, 0.25) is 5.91 Å². The van der Waals surface area contributed by atoms with E-state index < -0.39 is 24.2 Å². The molecule has 28 heavy (non-hydrogen) atoms. The Balaban J connectivity index is 2.24. The first-order chi connectivity index (χ1) is 13.2. The summed E-state index contributed by atoms with van der Waals surface area (Å²) in [5, 5.41) is 22.8. The number of carbonyl (C=O) groups excluding carboxylic acids is 2. The molecular weight excluding hydrogens is 360 g/mol. The van der Waals surface area contributed by atoms with Gasteiger partial charge in [0.05, 0.1) is 29.4 Å². The molecule has 8 heteroatoms. The summed E-state index contributed by atoms with van der Waals surface area (Å²) in [4.78, 5) is 37.6. The number of ketones is 1. The fourth-order valence-electron chi connectivity index (χ4n) is 2.70. The Morgan fingerprint density at radius 3 is 2.39 bits per heavy atom. The molecule has 0 aliphatic heterocycles. The van der Waals surface area contributed by atoms with Crippen molar-refractivity contribution in [3.8, 4) is 6.07 Å². The van der Waals surface area contributed by atoms with Crippen LogP contribution in [0.25, 0.3) is 0 Å². The number of amides is 2. The summed E-state index contributed by atoms with van der Waals surface area (Å²) in [6.07, 6.45) is -1.70. The Kier molecular flexibility index (Phi) is 6.34. The monoisotopic (exact) mass is 380 g/mol. The van der Waals surface area contributed by atoms with E-state index in [0.29, 0.717) is 5.56 Å². The average Bonchev–Trinajstić information content (AvgIpc) is 2.63. The second-order valence-corrected chi connectivity index (χ2v) is 6.35. The molecule has 0 saturated carbocycles. The number of hydrogen-bond acceptors (Lipinski definition) is 5. The zero-order valence-corrected chi connectivity index (χ0v) is 15.7. The van der Waals surface area contributed by atoms with E-state index in [1.54, 1.807) is 24.3 Å². The summed E-state index contributed by atoms with van der Waals surface area (Å²) in [7, 11) is 3.65. The summed E-state index contributed by atoms with van der Waals surface area (Å²) in [6.45, 7) is 1.82. The molecule has 3 N–H and O–H groups in total. The van der Waals surface area contributed by atoms with Gasteiger partial charge in [-0.3, -0.25) is 14.9 Å². The maximum Gasteiger partial charge on any atom is 0.409 e. The van der Waals surface area contributed by atoms with Gasteiger partial charge in [0.25, 0.3) is 0 Å². The van der Waals surface area contributed by atoms with Crippen molar-refractivity contribution in [2.45, 2.75) is 13.3 Å². The van der Waals surface area contributed by atoms with Gasteiger partial charge in [-0.25, -0.2) is 4.79 Å². The third kappa shape index (κ3) is 5.08. The van der Waals surface area contributed by atoms with Gasteiger partial charge in [-0.2, -0.15) is 5.26 Å². The van der Waals surface area contributed by atoms with E-state index in [9.17, 15) is 14.4 Å². The van der Waals surface area contributed by atoms with E-state index in [-0.39, 0.29) is 16.9 Å². The Morgan fingerprint density at radius 2 is 1.79 bits per heavy atom. The molecule has 0 radical (unpaired) electrons. The first kappa shape index (κ1) is 20.5. The van der Waals surface area contributed by atoms with Crippen LogP contribution in [0.4, 0.5) is 21.9 Å². The maximum atomic E-state index is 12.4. The Labute approximate surface area is 162 Å². The van der Waals surface area contributed by atoms with Crippen molar-refractivity contribution in [1.82, 2.24) is 0 Å². The first-order valence-electron chi connectivity index (χ1n) is 8.36. The number of carbonyl (C=O) groups is 3. The van der Waals surface area contributed by atoms with Crippen LogP contribution >= 0.6 is 0 Å². The van der Waals surface area contributed by atoms with E-state index in [0.717, 1.165) is 11.3 Å². The summed E-state index contributed by atoms with van der Waals surface area (Å²) >= 11 is 0. The van der Waals surface area contributed by atoms with Crippen LogP contribution in [0.5, 0.6) is 0 Å². The van der Waals surface area contributed by atoms with Crippen molar-refractivity contribution in [1.29, 1.82) is 5.26 Å². The molecule has 0 atom stereocenters. The van der Waals surface area contributed by atoms with Crippen LogP contribution in [-0.4, -0.2) is 37.0 Å². The van der Waals surface area contributed by atoms with Crippen LogP contribution < -0.4 is 15.5 Å². The van der Waals surface area contributed by atoms with Crippen LogP contribution in [-0.2, 0) is 4.79 Å². The van der Waals surface area contributed by atoms with Gasteiger partial charge in [0.15, 0.2) is 5.78 Å². The molecule has 0 aromatic heterocycles. The fourth-order valence-corrected chi connectivity index (χ4v) is 2.70. The van der Waals surface area contributed by atoms with E-state index in [2.05, 4.69) is 10.6 Å². The van der Waals surface area contributed by atoms with E-state index in [4.69, 9.17) is 10.4 Å². The van der Waals surface area contributed by atoms with Gasteiger partial charge < -0.3 is 15.3 Å². The molecule has 2 rings (SSSR count). The number of rotatable bonds is 6. The first-order valence-corrected chi connectivity index (χ1v) is 8.36. The number of Topliss-reactive ketones (excluding diaryl/α,β-unsaturated/α-hetero) is 1. The SMILES string of the molecule is Cc1cc(NC(=O)O)c(NC(=O)CC(=O)c2cccc(C#N)c2)cc1N(C)C. The smallest absolute Gasteiger partial charge is 0.409 e. The van der Waals surface area contributed by atoms with E-state index >= 15 is 0 Å². The minimum atomic E-state index is -1.27. The van der Waals surface area contributed by atoms with Crippen LogP contribution in [0.3, 0.4) is 0 Å². The number of nitriles is 1. The largest absolute Gasteiger partial charge is 0.465 e. The number of nitrogens with one attached hydrogen (secondary N) is 2. The third-order valence-corrected chi connectivity index (χ3v) is 3.97. The predicted molar refractivity (Wildman–Crippen MR) is 106 cm³/mol. The topological polar surface area (TPSA) is 123 Å². The Hall–Kier alpha value is -3.86. The zero-order chi connectivity index (χ0) is 20.8.